The summed E-state index contributed by atoms with van der Waals surface area (Å²) in [5, 5.41) is 2.96. The van der Waals surface area contributed by atoms with Crippen LogP contribution in [0.4, 0.5) is 17.2 Å². The highest BCUT2D eigenvalue weighted by atomic mass is 35.5. The van der Waals surface area contributed by atoms with Crippen molar-refractivity contribution in [1.29, 1.82) is 0 Å². The fraction of sp³-hybridized carbons (Fsp3) is 0.214. The van der Waals surface area contributed by atoms with E-state index in [9.17, 15) is 4.79 Å². The zero-order chi connectivity index (χ0) is 14.1. The average Bonchev–Trinajstić information content (AvgIpc) is 2.58. The average molecular weight is 289 g/mol. The van der Waals surface area contributed by atoms with E-state index in [1.807, 2.05) is 36.1 Å². The van der Waals surface area contributed by atoms with Gasteiger partial charge in [0, 0.05) is 18.7 Å². The van der Waals surface area contributed by atoms with E-state index in [0.717, 1.165) is 5.69 Å². The third kappa shape index (κ3) is 2.44. The van der Waals surface area contributed by atoms with Crippen molar-refractivity contribution in [2.45, 2.75) is 13.3 Å². The number of halogens is 1. The molecule has 1 aliphatic rings. The molecule has 0 atom stereocenters. The SMILES string of the molecule is Cc1ccc(N2CCC(=O)Nc3cnc(Cl)nc32)cc1. The van der Waals surface area contributed by atoms with Gasteiger partial charge in [0.1, 0.15) is 5.69 Å². The van der Waals surface area contributed by atoms with Crippen LogP contribution in [0, 0.1) is 6.92 Å². The first-order valence-electron chi connectivity index (χ1n) is 6.30. The van der Waals surface area contributed by atoms with E-state index in [1.165, 1.54) is 11.8 Å². The minimum absolute atomic E-state index is 0.0493. The number of amides is 1. The summed E-state index contributed by atoms with van der Waals surface area (Å²) in [6, 6.07) is 8.06. The molecule has 1 amide bonds. The normalized spacial score (nSPS) is 14.5. The van der Waals surface area contributed by atoms with Gasteiger partial charge in [-0.1, -0.05) is 17.7 Å². The van der Waals surface area contributed by atoms with Crippen LogP contribution >= 0.6 is 11.6 Å². The summed E-state index contributed by atoms with van der Waals surface area (Å²) in [6.45, 7) is 2.58. The number of aromatic nitrogens is 2. The van der Waals surface area contributed by atoms with E-state index < -0.39 is 0 Å². The molecule has 1 aromatic carbocycles. The second kappa shape index (κ2) is 5.09. The van der Waals surface area contributed by atoms with Gasteiger partial charge >= 0.3 is 0 Å². The molecule has 0 spiro atoms. The summed E-state index contributed by atoms with van der Waals surface area (Å²) in [4.78, 5) is 21.9. The van der Waals surface area contributed by atoms with Crippen LogP contribution in [0.25, 0.3) is 0 Å². The maximum atomic E-state index is 11.7. The number of nitrogens with zero attached hydrogens (tertiary/aromatic N) is 3. The molecule has 0 unspecified atom stereocenters. The van der Waals surface area contributed by atoms with Crippen LogP contribution in [0.2, 0.25) is 5.28 Å². The zero-order valence-corrected chi connectivity index (χ0v) is 11.7. The van der Waals surface area contributed by atoms with Gasteiger partial charge in [0.15, 0.2) is 5.82 Å². The van der Waals surface area contributed by atoms with Crippen molar-refractivity contribution in [3.05, 3.63) is 41.3 Å². The molecule has 102 valence electrons. The molecule has 5 nitrogen and oxygen atoms in total. The Kier molecular flexibility index (Phi) is 3.28. The highest BCUT2D eigenvalue weighted by Gasteiger charge is 2.22. The minimum atomic E-state index is -0.0493. The second-order valence-electron chi connectivity index (χ2n) is 4.66. The molecule has 6 heteroatoms. The topological polar surface area (TPSA) is 58.1 Å². The van der Waals surface area contributed by atoms with Crippen LogP contribution in [0.5, 0.6) is 0 Å². The Morgan fingerprint density at radius 2 is 2.05 bits per heavy atom. The summed E-state index contributed by atoms with van der Waals surface area (Å²) < 4.78 is 0. The Hall–Kier alpha value is -2.14. The molecule has 0 bridgehead atoms. The third-order valence-corrected chi connectivity index (χ3v) is 3.36. The summed E-state index contributed by atoms with van der Waals surface area (Å²) in [7, 11) is 0. The fourth-order valence-electron chi connectivity index (χ4n) is 2.15. The summed E-state index contributed by atoms with van der Waals surface area (Å²) in [5.41, 5.74) is 2.74. The molecular formula is C14H13ClN4O. The van der Waals surface area contributed by atoms with E-state index in [0.29, 0.717) is 24.5 Å². The van der Waals surface area contributed by atoms with Gasteiger partial charge in [-0.3, -0.25) is 4.79 Å². The number of aryl methyl sites for hydroxylation is 1. The molecule has 1 aliphatic heterocycles. The molecule has 0 saturated carbocycles. The van der Waals surface area contributed by atoms with Crippen molar-refractivity contribution in [3.63, 3.8) is 0 Å². The lowest BCUT2D eigenvalue weighted by Crippen LogP contribution is -2.19. The molecular weight excluding hydrogens is 276 g/mol. The van der Waals surface area contributed by atoms with E-state index in [4.69, 9.17) is 11.6 Å². The number of hydrogen-bond donors (Lipinski definition) is 1. The monoisotopic (exact) mass is 288 g/mol. The summed E-state index contributed by atoms with van der Waals surface area (Å²) in [6.07, 6.45) is 1.93. The van der Waals surface area contributed by atoms with Gasteiger partial charge in [-0.25, -0.2) is 4.98 Å². The molecule has 0 fully saturated rings. The number of carbonyl (C=O) groups excluding carboxylic acids is 1. The van der Waals surface area contributed by atoms with Crippen molar-refractivity contribution >= 4 is 34.7 Å². The lowest BCUT2D eigenvalue weighted by atomic mass is 10.2. The Balaban J connectivity index is 2.09. The number of fused-ring (bicyclic) bond motifs is 1. The number of nitrogens with one attached hydrogen (secondary N) is 1. The second-order valence-corrected chi connectivity index (χ2v) is 5.00. The Morgan fingerprint density at radius 1 is 1.30 bits per heavy atom. The number of rotatable bonds is 1. The molecule has 1 aromatic heterocycles. The van der Waals surface area contributed by atoms with Crippen molar-refractivity contribution in [2.75, 3.05) is 16.8 Å². The Bertz CT molecular complexity index is 657. The first-order valence-corrected chi connectivity index (χ1v) is 6.68. The maximum Gasteiger partial charge on any atom is 0.226 e. The van der Waals surface area contributed by atoms with Gasteiger partial charge in [0.25, 0.3) is 0 Å². The van der Waals surface area contributed by atoms with Gasteiger partial charge in [-0.05, 0) is 30.7 Å². The highest BCUT2D eigenvalue weighted by molar-refractivity contribution is 6.28. The van der Waals surface area contributed by atoms with Gasteiger partial charge in [0.05, 0.1) is 6.20 Å². The van der Waals surface area contributed by atoms with Crippen LogP contribution in [-0.4, -0.2) is 22.4 Å². The van der Waals surface area contributed by atoms with Crippen LogP contribution < -0.4 is 10.2 Å². The standard InChI is InChI=1S/C14H13ClN4O/c1-9-2-4-10(5-3-9)19-7-6-12(20)17-11-8-16-14(15)18-13(11)19/h2-5,8H,6-7H2,1H3,(H,17,20). The predicted molar refractivity (Wildman–Crippen MR) is 78.5 cm³/mol. The molecule has 0 aliphatic carbocycles. The van der Waals surface area contributed by atoms with E-state index in [1.54, 1.807) is 0 Å². The Morgan fingerprint density at radius 3 is 2.80 bits per heavy atom. The van der Waals surface area contributed by atoms with Crippen molar-refractivity contribution in [2.24, 2.45) is 0 Å². The number of anilines is 3. The largest absolute Gasteiger partial charge is 0.324 e. The highest BCUT2D eigenvalue weighted by Crippen LogP contribution is 2.32. The van der Waals surface area contributed by atoms with Crippen LogP contribution in [0.3, 0.4) is 0 Å². The maximum absolute atomic E-state index is 11.7. The molecule has 2 heterocycles. The van der Waals surface area contributed by atoms with Crippen LogP contribution in [0.15, 0.2) is 30.5 Å². The van der Waals surface area contributed by atoms with E-state index in [-0.39, 0.29) is 11.2 Å². The summed E-state index contributed by atoms with van der Waals surface area (Å²) in [5.74, 6) is 0.575. The summed E-state index contributed by atoms with van der Waals surface area (Å²) >= 11 is 5.88. The van der Waals surface area contributed by atoms with Crippen LogP contribution in [0.1, 0.15) is 12.0 Å². The fourth-order valence-corrected chi connectivity index (χ4v) is 2.28. The quantitative estimate of drug-likeness (QED) is 0.820. The third-order valence-electron chi connectivity index (χ3n) is 3.18. The Labute approximate surface area is 121 Å². The molecule has 2 aromatic rings. The van der Waals surface area contributed by atoms with Gasteiger partial charge in [-0.15, -0.1) is 0 Å². The molecule has 20 heavy (non-hydrogen) atoms. The molecule has 0 saturated heterocycles. The predicted octanol–water partition coefficient (Wildman–Crippen LogP) is 2.92. The van der Waals surface area contributed by atoms with Crippen molar-refractivity contribution in [1.82, 2.24) is 9.97 Å². The molecule has 0 radical (unpaired) electrons. The first-order chi connectivity index (χ1) is 9.63. The van der Waals surface area contributed by atoms with Crippen molar-refractivity contribution < 1.29 is 4.79 Å². The van der Waals surface area contributed by atoms with Crippen LogP contribution in [-0.2, 0) is 4.79 Å². The first kappa shape index (κ1) is 12.9. The van der Waals surface area contributed by atoms with E-state index >= 15 is 0 Å². The lowest BCUT2D eigenvalue weighted by molar-refractivity contribution is -0.115. The van der Waals surface area contributed by atoms with Gasteiger partial charge < -0.3 is 10.2 Å². The number of carbonyl (C=O) groups is 1. The number of hydrogen-bond acceptors (Lipinski definition) is 4. The zero-order valence-electron chi connectivity index (χ0n) is 10.9. The molecule has 1 N–H and O–H groups in total. The lowest BCUT2D eigenvalue weighted by Gasteiger charge is -2.22. The number of benzene rings is 1. The van der Waals surface area contributed by atoms with Gasteiger partial charge in [-0.2, -0.15) is 4.98 Å². The minimum Gasteiger partial charge on any atom is -0.324 e. The van der Waals surface area contributed by atoms with Gasteiger partial charge in [0.2, 0.25) is 11.2 Å². The van der Waals surface area contributed by atoms with Crippen molar-refractivity contribution in [3.8, 4) is 0 Å². The van der Waals surface area contributed by atoms with E-state index in [2.05, 4.69) is 15.3 Å². The smallest absolute Gasteiger partial charge is 0.226 e. The molecule has 3 rings (SSSR count).